The fraction of sp³-hybridized carbons (Fsp3) is 0.267. The van der Waals surface area contributed by atoms with Crippen LogP contribution in [0.5, 0.6) is 0 Å². The van der Waals surface area contributed by atoms with Gasteiger partial charge in [0.15, 0.2) is 4.77 Å². The molecule has 1 aromatic carbocycles. The molecule has 1 N–H and O–H groups in total. The van der Waals surface area contributed by atoms with Gasteiger partial charge in [-0.05, 0) is 66.7 Å². The lowest BCUT2D eigenvalue weighted by atomic mass is 9.94. The molecule has 2 nitrogen and oxygen atoms in total. The van der Waals surface area contributed by atoms with Gasteiger partial charge in [0.1, 0.15) is 5.82 Å². The zero-order valence-corrected chi connectivity index (χ0v) is 12.4. The van der Waals surface area contributed by atoms with Gasteiger partial charge >= 0.3 is 0 Å². The van der Waals surface area contributed by atoms with E-state index in [1.54, 1.807) is 0 Å². The maximum Gasteiger partial charge on any atom is 0.178 e. The first-order valence-electron chi connectivity index (χ1n) is 6.70. The largest absolute Gasteiger partial charge is 0.330 e. The highest BCUT2D eigenvalue weighted by atomic mass is 32.1. The minimum absolute atomic E-state index is 0.235. The summed E-state index contributed by atoms with van der Waals surface area (Å²) >= 11 is 7.29. The molecule has 0 bridgehead atoms. The van der Waals surface area contributed by atoms with Gasteiger partial charge in [-0.15, -0.1) is 11.3 Å². The Morgan fingerprint density at radius 1 is 1.35 bits per heavy atom. The van der Waals surface area contributed by atoms with Crippen molar-refractivity contribution < 1.29 is 4.39 Å². The third-order valence-corrected chi connectivity index (χ3v) is 5.31. The molecule has 0 saturated heterocycles. The second-order valence-electron chi connectivity index (χ2n) is 5.17. The maximum absolute atomic E-state index is 13.3. The van der Waals surface area contributed by atoms with Crippen molar-refractivity contribution in [3.63, 3.8) is 0 Å². The Kier molecular flexibility index (Phi) is 2.79. The summed E-state index contributed by atoms with van der Waals surface area (Å²) in [6, 6.07) is 7.31. The standard InChI is InChI=1S/C15H13FN2S2/c16-9-4-5-13-11(8-9)17-15(19)18(13)12-2-1-3-14-10(12)6-7-20-14/h4-8,12H,1-3H2,(H,17,19). The van der Waals surface area contributed by atoms with Gasteiger partial charge in [-0.25, -0.2) is 4.39 Å². The Morgan fingerprint density at radius 3 is 3.15 bits per heavy atom. The van der Waals surface area contributed by atoms with Gasteiger partial charge in [0.05, 0.1) is 17.1 Å². The van der Waals surface area contributed by atoms with Crippen LogP contribution in [0.15, 0.2) is 29.6 Å². The van der Waals surface area contributed by atoms with Crippen LogP contribution in [-0.4, -0.2) is 9.55 Å². The van der Waals surface area contributed by atoms with E-state index in [0.29, 0.717) is 4.77 Å². The molecule has 3 aromatic rings. The van der Waals surface area contributed by atoms with Gasteiger partial charge in [-0.2, -0.15) is 0 Å². The van der Waals surface area contributed by atoms with E-state index in [2.05, 4.69) is 21.0 Å². The summed E-state index contributed by atoms with van der Waals surface area (Å²) in [6.07, 6.45) is 3.42. The van der Waals surface area contributed by atoms with Crippen LogP contribution < -0.4 is 0 Å². The molecule has 2 aromatic heterocycles. The molecule has 5 heteroatoms. The maximum atomic E-state index is 13.3. The number of fused-ring (bicyclic) bond motifs is 2. The lowest BCUT2D eigenvalue weighted by Crippen LogP contribution is -2.15. The molecule has 102 valence electrons. The van der Waals surface area contributed by atoms with E-state index in [-0.39, 0.29) is 11.9 Å². The molecule has 0 spiro atoms. The van der Waals surface area contributed by atoms with Crippen molar-refractivity contribution in [1.29, 1.82) is 0 Å². The summed E-state index contributed by atoms with van der Waals surface area (Å²) in [7, 11) is 0. The number of hydrogen-bond donors (Lipinski definition) is 1. The van der Waals surface area contributed by atoms with Crippen molar-refractivity contribution in [2.75, 3.05) is 0 Å². The number of nitrogens with one attached hydrogen (secondary N) is 1. The highest BCUT2D eigenvalue weighted by Gasteiger charge is 2.24. The topological polar surface area (TPSA) is 20.7 Å². The van der Waals surface area contributed by atoms with Crippen molar-refractivity contribution in [2.45, 2.75) is 25.3 Å². The molecule has 1 aliphatic carbocycles. The number of benzene rings is 1. The van der Waals surface area contributed by atoms with Crippen LogP contribution in [-0.2, 0) is 6.42 Å². The van der Waals surface area contributed by atoms with Crippen LogP contribution in [0.2, 0.25) is 0 Å². The van der Waals surface area contributed by atoms with E-state index in [0.717, 1.165) is 23.9 Å². The number of nitrogens with zero attached hydrogens (tertiary/aromatic N) is 1. The van der Waals surface area contributed by atoms with Gasteiger partial charge < -0.3 is 9.55 Å². The quantitative estimate of drug-likeness (QED) is 0.639. The number of imidazole rings is 1. The van der Waals surface area contributed by atoms with Crippen LogP contribution in [0, 0.1) is 10.6 Å². The Balaban J connectivity index is 1.96. The highest BCUT2D eigenvalue weighted by molar-refractivity contribution is 7.71. The van der Waals surface area contributed by atoms with Crippen LogP contribution in [0.1, 0.15) is 29.3 Å². The number of aromatic nitrogens is 2. The molecule has 0 amide bonds. The van der Waals surface area contributed by atoms with Crippen molar-refractivity contribution in [2.24, 2.45) is 0 Å². The second-order valence-corrected chi connectivity index (χ2v) is 6.56. The van der Waals surface area contributed by atoms with Crippen LogP contribution in [0.4, 0.5) is 4.39 Å². The smallest absolute Gasteiger partial charge is 0.178 e. The van der Waals surface area contributed by atoms with E-state index in [9.17, 15) is 4.39 Å². The van der Waals surface area contributed by atoms with E-state index in [1.807, 2.05) is 17.4 Å². The number of thiophene rings is 1. The molecule has 2 heterocycles. The first-order chi connectivity index (χ1) is 9.74. The minimum atomic E-state index is -0.235. The average Bonchev–Trinajstić information content (AvgIpc) is 3.01. The predicted octanol–water partition coefficient (Wildman–Crippen LogP) is 4.83. The van der Waals surface area contributed by atoms with Gasteiger partial charge in [-0.1, -0.05) is 0 Å². The molecule has 1 aliphatic rings. The molecule has 0 saturated carbocycles. The molecule has 20 heavy (non-hydrogen) atoms. The van der Waals surface area contributed by atoms with Crippen LogP contribution in [0.25, 0.3) is 11.0 Å². The summed E-state index contributed by atoms with van der Waals surface area (Å²) in [5.41, 5.74) is 3.14. The third kappa shape index (κ3) is 1.77. The van der Waals surface area contributed by atoms with Crippen molar-refractivity contribution in [3.8, 4) is 0 Å². The first-order valence-corrected chi connectivity index (χ1v) is 7.99. The van der Waals surface area contributed by atoms with Gasteiger partial charge in [0.25, 0.3) is 0 Å². The van der Waals surface area contributed by atoms with Crippen LogP contribution in [0.3, 0.4) is 0 Å². The summed E-state index contributed by atoms with van der Waals surface area (Å²) in [6.45, 7) is 0. The number of H-pyrrole nitrogens is 1. The van der Waals surface area contributed by atoms with Gasteiger partial charge in [-0.3, -0.25) is 0 Å². The molecule has 1 unspecified atom stereocenters. The minimum Gasteiger partial charge on any atom is -0.330 e. The molecule has 0 aliphatic heterocycles. The van der Waals surface area contributed by atoms with Crippen molar-refractivity contribution in [3.05, 3.63) is 50.7 Å². The van der Waals surface area contributed by atoms with E-state index in [1.165, 1.54) is 29.0 Å². The lowest BCUT2D eigenvalue weighted by Gasteiger charge is -2.24. The zero-order chi connectivity index (χ0) is 13.7. The SMILES string of the molecule is Fc1ccc2c(c1)[nH]c(=S)n2C1CCCc2sccc21. The monoisotopic (exact) mass is 304 g/mol. The number of rotatable bonds is 1. The van der Waals surface area contributed by atoms with Crippen molar-refractivity contribution in [1.82, 2.24) is 9.55 Å². The molecule has 0 radical (unpaired) electrons. The first kappa shape index (κ1) is 12.3. The van der Waals surface area contributed by atoms with Crippen molar-refractivity contribution >= 4 is 34.6 Å². The fourth-order valence-electron chi connectivity index (χ4n) is 3.14. The van der Waals surface area contributed by atoms with Gasteiger partial charge in [0.2, 0.25) is 0 Å². The Labute approximate surface area is 124 Å². The summed E-state index contributed by atoms with van der Waals surface area (Å²) in [5.74, 6) is -0.235. The molecular weight excluding hydrogens is 291 g/mol. The Morgan fingerprint density at radius 2 is 2.25 bits per heavy atom. The summed E-state index contributed by atoms with van der Waals surface area (Å²) < 4.78 is 16.2. The van der Waals surface area contributed by atoms with E-state index >= 15 is 0 Å². The van der Waals surface area contributed by atoms with E-state index in [4.69, 9.17) is 12.2 Å². The summed E-state index contributed by atoms with van der Waals surface area (Å²) in [5, 5.41) is 2.15. The zero-order valence-electron chi connectivity index (χ0n) is 10.7. The van der Waals surface area contributed by atoms with E-state index < -0.39 is 0 Å². The number of aryl methyl sites for hydroxylation is 1. The Bertz CT molecular complexity index is 843. The number of aromatic amines is 1. The Hall–Kier alpha value is -1.46. The number of halogens is 1. The molecule has 1 atom stereocenters. The van der Waals surface area contributed by atoms with Crippen LogP contribution >= 0.6 is 23.6 Å². The number of hydrogen-bond acceptors (Lipinski definition) is 2. The predicted molar refractivity (Wildman–Crippen MR) is 82.5 cm³/mol. The third-order valence-electron chi connectivity index (χ3n) is 4.01. The highest BCUT2D eigenvalue weighted by Crippen LogP contribution is 2.37. The second kappa shape index (κ2) is 4.53. The summed E-state index contributed by atoms with van der Waals surface area (Å²) in [4.78, 5) is 4.59. The molecule has 4 rings (SSSR count). The lowest BCUT2D eigenvalue weighted by molar-refractivity contribution is 0.500. The average molecular weight is 304 g/mol. The molecule has 0 fully saturated rings. The fourth-order valence-corrected chi connectivity index (χ4v) is 4.46. The van der Waals surface area contributed by atoms with Gasteiger partial charge in [0, 0.05) is 4.88 Å². The molecular formula is C15H13FN2S2. The normalized spacial score (nSPS) is 18.4.